The van der Waals surface area contributed by atoms with Gasteiger partial charge in [0, 0.05) is 18.4 Å². The summed E-state index contributed by atoms with van der Waals surface area (Å²) in [6, 6.07) is 11.8. The van der Waals surface area contributed by atoms with Crippen molar-refractivity contribution in [2.45, 2.75) is 246 Å². The highest BCUT2D eigenvalue weighted by Crippen LogP contribution is 2.48. The van der Waals surface area contributed by atoms with Gasteiger partial charge in [-0.2, -0.15) is 0 Å². The highest BCUT2D eigenvalue weighted by Gasteiger charge is 2.76. The molecule has 6 nitrogen and oxygen atoms in total. The Labute approximate surface area is 406 Å². The lowest BCUT2D eigenvalue weighted by Gasteiger charge is -2.40. The van der Waals surface area contributed by atoms with Gasteiger partial charge in [-0.15, -0.1) is 0 Å². The maximum atomic E-state index is 7.50. The number of rotatable bonds is 27. The van der Waals surface area contributed by atoms with Gasteiger partial charge < -0.3 is 18.4 Å². The van der Waals surface area contributed by atoms with Crippen molar-refractivity contribution >= 4 is 12.4 Å². The molecular weight excluding hydrogens is 809 g/mol. The molecule has 1 aliphatic carbocycles. The van der Waals surface area contributed by atoms with Gasteiger partial charge in [-0.1, -0.05) is 143 Å². The lowest BCUT2D eigenvalue weighted by Crippen LogP contribution is -2.60. The van der Waals surface area contributed by atoms with Crippen molar-refractivity contribution in [3.63, 3.8) is 0 Å². The molecule has 1 saturated carbocycles. The number of nitrogens with zero attached hydrogens (tertiary/aromatic N) is 4. The molecule has 0 bridgehead atoms. The zero-order valence-electron chi connectivity index (χ0n) is 45.2. The van der Waals surface area contributed by atoms with E-state index in [1.807, 2.05) is 0 Å². The minimum absolute atomic E-state index is 0.0366. The van der Waals surface area contributed by atoms with Crippen LogP contribution in [0.5, 0.6) is 11.5 Å². The van der Waals surface area contributed by atoms with Crippen molar-refractivity contribution in [3.8, 4) is 11.5 Å². The summed E-state index contributed by atoms with van der Waals surface area (Å²) in [5.41, 5.74) is 6.53. The molecule has 3 atom stereocenters. The monoisotopic (exact) mass is 911 g/mol. The van der Waals surface area contributed by atoms with Crippen LogP contribution in [0.1, 0.15) is 245 Å². The van der Waals surface area contributed by atoms with Gasteiger partial charge in [0.25, 0.3) is 0 Å². The summed E-state index contributed by atoms with van der Waals surface area (Å²) < 4.78 is 22.6. The molecule has 2 aromatic carbocycles. The highest BCUT2D eigenvalue weighted by atomic mass is 16.7. The number of fused-ring (bicyclic) bond motifs is 5. The van der Waals surface area contributed by atoms with Gasteiger partial charge in [0.1, 0.15) is 0 Å². The van der Waals surface area contributed by atoms with Crippen molar-refractivity contribution in [2.75, 3.05) is 52.4 Å². The molecule has 2 aromatic rings. The van der Waals surface area contributed by atoms with E-state index in [1.165, 1.54) is 205 Å². The van der Waals surface area contributed by atoms with Crippen molar-refractivity contribution in [1.29, 1.82) is 0 Å². The first-order chi connectivity index (χ1) is 31.6. The molecule has 1 spiro atoms. The summed E-state index contributed by atoms with van der Waals surface area (Å²) in [6.45, 7) is 39.1. The van der Waals surface area contributed by atoms with Crippen LogP contribution in [0.15, 0.2) is 30.3 Å². The lowest BCUT2D eigenvalue weighted by molar-refractivity contribution is -0.929. The maximum absolute atomic E-state index is 7.50. The first-order valence-electron chi connectivity index (χ1n) is 28.3. The van der Waals surface area contributed by atoms with E-state index in [1.54, 1.807) is 0 Å². The van der Waals surface area contributed by atoms with E-state index in [0.717, 1.165) is 24.3 Å². The van der Waals surface area contributed by atoms with Gasteiger partial charge in [-0.25, -0.2) is 0 Å². The molecule has 6 rings (SSSR count). The first-order valence-corrected chi connectivity index (χ1v) is 28.3. The molecule has 66 heavy (non-hydrogen) atoms. The minimum atomic E-state index is -1.02. The Bertz CT molecular complexity index is 1830. The molecule has 6 heteroatoms. The van der Waals surface area contributed by atoms with Crippen LogP contribution in [0, 0.1) is 0 Å². The summed E-state index contributed by atoms with van der Waals surface area (Å²) in [5, 5.41) is 0. The lowest BCUT2D eigenvalue weighted by atomic mass is 9.79. The van der Waals surface area contributed by atoms with E-state index < -0.39 is 6.03 Å². The summed E-state index contributed by atoms with van der Waals surface area (Å²) in [7, 11) is 0. The van der Waals surface area contributed by atoms with E-state index >= 15 is 0 Å². The van der Waals surface area contributed by atoms with Crippen LogP contribution >= 0.6 is 0 Å². The molecule has 1 saturated heterocycles. The van der Waals surface area contributed by atoms with Gasteiger partial charge in [0.2, 0.25) is 12.1 Å². The Balaban J connectivity index is 1.36. The fourth-order valence-electron chi connectivity index (χ4n) is 12.4. The maximum Gasteiger partial charge on any atom is 0.704 e. The molecule has 3 heterocycles. The van der Waals surface area contributed by atoms with Crippen LogP contribution in [0.4, 0.5) is 0 Å². The minimum Gasteiger partial charge on any atom is -0.341 e. The van der Waals surface area contributed by atoms with Gasteiger partial charge in [0.05, 0.1) is 63.5 Å². The number of hydrogen-bond donors (Lipinski definition) is 0. The second-order valence-electron chi connectivity index (χ2n) is 24.1. The Morgan fingerprint density at radius 1 is 0.545 bits per heavy atom. The van der Waals surface area contributed by atoms with Crippen LogP contribution in [0.25, 0.3) is 0 Å². The molecular formula is C60H102N4O2+4. The van der Waals surface area contributed by atoms with Crippen molar-refractivity contribution in [2.24, 2.45) is 0 Å². The number of benzene rings is 2. The SMILES string of the molecule is CCCC[N+](CCCC)(CCCC)CCCC(CCC[N+](CCCC)(CCCC)CCCC)c1ccc2c(c1)C=[N+]1C3CCCCC3[N+]3=Cc4cc(C(C)(C)C)cc(C(C)(C)C)c4OC13O2. The van der Waals surface area contributed by atoms with Gasteiger partial charge in [-0.05, 0) is 123 Å². The van der Waals surface area contributed by atoms with Crippen molar-refractivity contribution in [1.82, 2.24) is 0 Å². The van der Waals surface area contributed by atoms with Crippen molar-refractivity contribution < 1.29 is 27.6 Å². The second-order valence-corrected chi connectivity index (χ2v) is 24.1. The van der Waals surface area contributed by atoms with E-state index in [0.29, 0.717) is 18.0 Å². The Morgan fingerprint density at radius 3 is 1.41 bits per heavy atom. The zero-order chi connectivity index (χ0) is 47.6. The average Bonchev–Trinajstić information content (AvgIpc) is 3.57. The zero-order valence-corrected chi connectivity index (χ0v) is 45.2. The van der Waals surface area contributed by atoms with Crippen LogP contribution in [0.3, 0.4) is 0 Å². The average molecular weight is 912 g/mol. The van der Waals surface area contributed by atoms with E-state index in [2.05, 4.69) is 135 Å². The fourth-order valence-corrected chi connectivity index (χ4v) is 12.4. The molecule has 0 radical (unpaired) electrons. The smallest absolute Gasteiger partial charge is 0.341 e. The summed E-state index contributed by atoms with van der Waals surface area (Å²) >= 11 is 0. The van der Waals surface area contributed by atoms with E-state index in [4.69, 9.17) is 9.47 Å². The predicted molar refractivity (Wildman–Crippen MR) is 281 cm³/mol. The quantitative estimate of drug-likeness (QED) is 0.0659. The molecule has 4 aliphatic rings. The van der Waals surface area contributed by atoms with Gasteiger partial charge in [-0.3, -0.25) is 0 Å². The molecule has 0 aromatic heterocycles. The van der Waals surface area contributed by atoms with Gasteiger partial charge >= 0.3 is 6.03 Å². The number of unbranched alkanes of at least 4 members (excludes halogenated alkanes) is 6. The molecule has 3 unspecified atom stereocenters. The molecule has 0 N–H and O–H groups in total. The third-order valence-electron chi connectivity index (χ3n) is 16.7. The second kappa shape index (κ2) is 23.3. The van der Waals surface area contributed by atoms with Crippen LogP contribution < -0.4 is 9.47 Å². The van der Waals surface area contributed by atoms with Crippen molar-refractivity contribution in [3.05, 3.63) is 58.1 Å². The summed E-state index contributed by atoms with van der Waals surface area (Å²) in [5.74, 6) is 2.49. The third kappa shape index (κ3) is 12.2. The van der Waals surface area contributed by atoms with Crippen LogP contribution in [-0.4, -0.2) is 101 Å². The predicted octanol–water partition coefficient (Wildman–Crippen LogP) is 14.6. The third-order valence-corrected chi connectivity index (χ3v) is 16.7. The normalized spacial score (nSPS) is 20.4. The van der Waals surface area contributed by atoms with Crippen LogP contribution in [0.2, 0.25) is 0 Å². The Morgan fingerprint density at radius 2 is 0.985 bits per heavy atom. The number of quaternary nitrogens is 2. The standard InChI is InChI=1S/C60H102N4O2/c1-13-19-35-63(36-20-14-2,37-21-15-3)41-27-29-48(30-28-42-64(38-22-16-4,39-23-17-5)40-24-18-6)49-33-34-56-50(43-49)46-61-54-31-25-26-32-55(54)62-47-51-44-52(58(7,8)9)45-53(59(10,11)12)57(51)66-60(61,62)65-56/h33-34,43-48,54-55H,13-32,35-42H2,1-12H3/q+4. The highest BCUT2D eigenvalue weighted by molar-refractivity contribution is 5.84. The first kappa shape index (κ1) is 52.7. The molecule has 2 fully saturated rings. The summed E-state index contributed by atoms with van der Waals surface area (Å²) in [6.07, 6.45) is 30.8. The molecule has 3 aliphatic heterocycles. The summed E-state index contributed by atoms with van der Waals surface area (Å²) in [4.78, 5) is 0. The Hall–Kier alpha value is -2.70. The van der Waals surface area contributed by atoms with E-state index in [-0.39, 0.29) is 10.8 Å². The topological polar surface area (TPSA) is 24.5 Å². The number of hydrogen-bond acceptors (Lipinski definition) is 2. The molecule has 370 valence electrons. The van der Waals surface area contributed by atoms with Gasteiger partial charge in [0.15, 0.2) is 23.9 Å². The Kier molecular flexibility index (Phi) is 18.6. The molecule has 0 amide bonds. The fraction of sp³-hybridized carbons (Fsp3) is 0.767. The number of ether oxygens (including phenoxy) is 2. The van der Waals surface area contributed by atoms with Crippen LogP contribution in [-0.2, 0) is 10.8 Å². The van der Waals surface area contributed by atoms with E-state index in [9.17, 15) is 0 Å². The largest absolute Gasteiger partial charge is 0.704 e.